The monoisotopic (exact) mass is 127 g/mol. The molecule has 0 heterocycles. The third kappa shape index (κ3) is 7.70. The van der Waals surface area contributed by atoms with E-state index in [2.05, 4.69) is 34.6 Å². The lowest BCUT2D eigenvalue weighted by molar-refractivity contribution is -0.845. The molecule has 0 N–H and O–H groups in total. The van der Waals surface area contributed by atoms with Gasteiger partial charge >= 0.3 is 0 Å². The largest absolute Gasteiger partial charge is 0.324 e. The lowest BCUT2D eigenvalue weighted by Gasteiger charge is -2.22. The van der Waals surface area contributed by atoms with Gasteiger partial charge in [0.25, 0.3) is 0 Å². The molecular weight excluding hydrogens is 110 g/mol. The van der Waals surface area contributed by atoms with Gasteiger partial charge in [-0.3, -0.25) is 0 Å². The first-order chi connectivity index (χ1) is 3.92. The molecule has 0 bridgehead atoms. The SMILES string of the molecule is [CH2][N+](C)(C)CCC(=C)C. The van der Waals surface area contributed by atoms with Crippen LogP contribution in [-0.4, -0.2) is 25.1 Å². The van der Waals surface area contributed by atoms with Crippen molar-refractivity contribution >= 4 is 0 Å². The molecule has 0 aromatic carbocycles. The van der Waals surface area contributed by atoms with E-state index in [1.807, 2.05) is 0 Å². The van der Waals surface area contributed by atoms with E-state index in [4.69, 9.17) is 0 Å². The third-order valence-corrected chi connectivity index (χ3v) is 1.14. The Balaban J connectivity index is 3.39. The lowest BCUT2D eigenvalue weighted by Crippen LogP contribution is -2.32. The summed E-state index contributed by atoms with van der Waals surface area (Å²) in [5.41, 5.74) is 1.24. The standard InChI is InChI=1S/C8H17N/c1-8(2)6-7-9(3,4)5/h1,3,6-7H2,2,4-5H3/q+1. The normalized spacial score (nSPS) is 11.6. The molecule has 0 amide bonds. The second-order valence-electron chi connectivity index (χ2n) is 3.37. The van der Waals surface area contributed by atoms with Gasteiger partial charge < -0.3 is 4.48 Å². The van der Waals surface area contributed by atoms with Crippen molar-refractivity contribution < 1.29 is 4.48 Å². The number of rotatable bonds is 3. The fourth-order valence-electron chi connectivity index (χ4n) is 0.494. The summed E-state index contributed by atoms with van der Waals surface area (Å²) in [6, 6.07) is 0. The minimum atomic E-state index is 0.785. The molecule has 0 atom stereocenters. The molecule has 0 aliphatic heterocycles. The van der Waals surface area contributed by atoms with Gasteiger partial charge in [0.15, 0.2) is 0 Å². The Morgan fingerprint density at radius 3 is 2.00 bits per heavy atom. The minimum Gasteiger partial charge on any atom is -0.324 e. The van der Waals surface area contributed by atoms with Crippen molar-refractivity contribution in [1.29, 1.82) is 0 Å². The molecule has 9 heavy (non-hydrogen) atoms. The van der Waals surface area contributed by atoms with Crippen molar-refractivity contribution in [3.63, 3.8) is 0 Å². The molecule has 0 saturated carbocycles. The molecule has 0 aliphatic rings. The van der Waals surface area contributed by atoms with Crippen LogP contribution in [0.1, 0.15) is 13.3 Å². The highest BCUT2D eigenvalue weighted by Gasteiger charge is 2.05. The zero-order valence-electron chi connectivity index (χ0n) is 6.78. The van der Waals surface area contributed by atoms with Gasteiger partial charge in [0, 0.05) is 6.42 Å². The summed E-state index contributed by atoms with van der Waals surface area (Å²) < 4.78 is 0.785. The summed E-state index contributed by atoms with van der Waals surface area (Å²) in [4.78, 5) is 0. The summed E-state index contributed by atoms with van der Waals surface area (Å²) in [7, 11) is 8.11. The van der Waals surface area contributed by atoms with Crippen LogP contribution in [0.4, 0.5) is 0 Å². The Morgan fingerprint density at radius 2 is 1.89 bits per heavy atom. The number of hydrogen-bond acceptors (Lipinski definition) is 0. The van der Waals surface area contributed by atoms with Crippen LogP contribution in [0.25, 0.3) is 0 Å². The zero-order chi connectivity index (χ0) is 7.49. The highest BCUT2D eigenvalue weighted by Crippen LogP contribution is 2.01. The molecule has 0 spiro atoms. The molecule has 53 valence electrons. The first-order valence-corrected chi connectivity index (χ1v) is 3.23. The van der Waals surface area contributed by atoms with E-state index in [0.29, 0.717) is 0 Å². The summed E-state index contributed by atoms with van der Waals surface area (Å²) in [6.07, 6.45) is 1.08. The van der Waals surface area contributed by atoms with E-state index < -0.39 is 0 Å². The molecule has 0 fully saturated rings. The van der Waals surface area contributed by atoms with E-state index in [1.54, 1.807) is 0 Å². The number of hydrogen-bond donors (Lipinski definition) is 0. The van der Waals surface area contributed by atoms with Crippen LogP contribution in [0.15, 0.2) is 12.2 Å². The Hall–Kier alpha value is -0.300. The predicted octanol–water partition coefficient (Wildman–Crippen LogP) is 1.82. The van der Waals surface area contributed by atoms with Crippen LogP contribution in [0.5, 0.6) is 0 Å². The summed E-state index contributed by atoms with van der Waals surface area (Å²) >= 11 is 0. The van der Waals surface area contributed by atoms with E-state index in [-0.39, 0.29) is 0 Å². The van der Waals surface area contributed by atoms with Gasteiger partial charge in [-0.2, -0.15) is 0 Å². The molecule has 1 nitrogen and oxygen atoms in total. The minimum absolute atomic E-state index is 0.785. The number of nitrogens with zero attached hydrogens (tertiary/aromatic N) is 1. The van der Waals surface area contributed by atoms with Crippen LogP contribution in [0.2, 0.25) is 0 Å². The third-order valence-electron chi connectivity index (χ3n) is 1.14. The zero-order valence-corrected chi connectivity index (χ0v) is 6.78. The molecular formula is C8H17N+. The fourth-order valence-corrected chi connectivity index (χ4v) is 0.494. The van der Waals surface area contributed by atoms with E-state index >= 15 is 0 Å². The van der Waals surface area contributed by atoms with Gasteiger partial charge in [-0.1, -0.05) is 12.2 Å². The van der Waals surface area contributed by atoms with Crippen molar-refractivity contribution in [2.45, 2.75) is 13.3 Å². The maximum Gasteiger partial charge on any atom is 0.128 e. The van der Waals surface area contributed by atoms with Crippen molar-refractivity contribution in [3.8, 4) is 0 Å². The van der Waals surface area contributed by atoms with Gasteiger partial charge in [0.1, 0.15) is 7.05 Å². The van der Waals surface area contributed by atoms with Gasteiger partial charge in [-0.15, -0.1) is 0 Å². The number of quaternary nitrogens is 1. The molecule has 0 unspecified atom stereocenters. The molecule has 1 heteroatoms. The fraction of sp³-hybridized carbons (Fsp3) is 0.625. The van der Waals surface area contributed by atoms with Crippen molar-refractivity contribution in [3.05, 3.63) is 19.2 Å². The van der Waals surface area contributed by atoms with Gasteiger partial charge in [-0.25, -0.2) is 0 Å². The van der Waals surface area contributed by atoms with Crippen molar-refractivity contribution in [2.75, 3.05) is 20.6 Å². The average molecular weight is 127 g/mol. The Bertz CT molecular complexity index is 97.6. The Labute approximate surface area is 58.6 Å². The van der Waals surface area contributed by atoms with Crippen LogP contribution in [-0.2, 0) is 0 Å². The molecule has 0 saturated heterocycles. The summed E-state index contributed by atoms with van der Waals surface area (Å²) in [5, 5.41) is 0. The van der Waals surface area contributed by atoms with E-state index in [1.165, 1.54) is 5.57 Å². The van der Waals surface area contributed by atoms with Gasteiger partial charge in [0.05, 0.1) is 20.6 Å². The highest BCUT2D eigenvalue weighted by atomic mass is 15.3. The lowest BCUT2D eigenvalue weighted by atomic mass is 10.2. The average Bonchev–Trinajstić information content (AvgIpc) is 1.59. The van der Waals surface area contributed by atoms with Crippen molar-refractivity contribution in [1.82, 2.24) is 0 Å². The second-order valence-corrected chi connectivity index (χ2v) is 3.37. The van der Waals surface area contributed by atoms with Crippen LogP contribution in [0, 0.1) is 7.05 Å². The molecule has 1 radical (unpaired) electrons. The Kier molecular flexibility index (Phi) is 2.92. The topological polar surface area (TPSA) is 0 Å². The maximum absolute atomic E-state index is 3.94. The second kappa shape index (κ2) is 3.02. The van der Waals surface area contributed by atoms with Crippen LogP contribution < -0.4 is 0 Å². The van der Waals surface area contributed by atoms with E-state index in [0.717, 1.165) is 17.4 Å². The predicted molar refractivity (Wildman–Crippen MR) is 41.8 cm³/mol. The van der Waals surface area contributed by atoms with Crippen molar-refractivity contribution in [2.24, 2.45) is 0 Å². The smallest absolute Gasteiger partial charge is 0.128 e. The van der Waals surface area contributed by atoms with Gasteiger partial charge in [0.2, 0.25) is 0 Å². The quantitative estimate of drug-likeness (QED) is 0.401. The molecule has 0 aromatic heterocycles. The maximum atomic E-state index is 3.94. The first kappa shape index (κ1) is 8.70. The van der Waals surface area contributed by atoms with Gasteiger partial charge in [-0.05, 0) is 6.92 Å². The summed E-state index contributed by atoms with van der Waals surface area (Å²) in [5.74, 6) is 0. The van der Waals surface area contributed by atoms with Crippen LogP contribution >= 0.6 is 0 Å². The first-order valence-electron chi connectivity index (χ1n) is 3.23. The Morgan fingerprint density at radius 1 is 1.44 bits per heavy atom. The molecule has 0 aromatic rings. The highest BCUT2D eigenvalue weighted by molar-refractivity contribution is 4.87. The van der Waals surface area contributed by atoms with Crippen LogP contribution in [0.3, 0.4) is 0 Å². The molecule has 0 rings (SSSR count). The van der Waals surface area contributed by atoms with E-state index in [9.17, 15) is 0 Å². The summed E-state index contributed by atoms with van der Waals surface area (Å²) in [6.45, 7) is 6.95. The molecule has 0 aliphatic carbocycles.